The van der Waals surface area contributed by atoms with E-state index in [9.17, 15) is 4.79 Å². The lowest BCUT2D eigenvalue weighted by Gasteiger charge is -2.21. The molecular formula is C13H18N2O. The van der Waals surface area contributed by atoms with E-state index >= 15 is 0 Å². The molecule has 0 saturated heterocycles. The van der Waals surface area contributed by atoms with Crippen molar-refractivity contribution in [2.24, 2.45) is 5.73 Å². The van der Waals surface area contributed by atoms with Crippen LogP contribution in [0.4, 0.5) is 5.69 Å². The maximum absolute atomic E-state index is 11.0. The van der Waals surface area contributed by atoms with Gasteiger partial charge in [-0.2, -0.15) is 0 Å². The summed E-state index contributed by atoms with van der Waals surface area (Å²) in [5.74, 6) is -0.475. The molecule has 0 fully saturated rings. The highest BCUT2D eigenvalue weighted by Crippen LogP contribution is 2.20. The third kappa shape index (κ3) is 2.63. The lowest BCUT2D eigenvalue weighted by molar-refractivity contribution is -0.112. The molecule has 2 N–H and O–H groups in total. The van der Waals surface area contributed by atoms with Gasteiger partial charge in [0.25, 0.3) is 0 Å². The Balaban J connectivity index is 3.03. The first-order valence-corrected chi connectivity index (χ1v) is 5.44. The Labute approximate surface area is 96.6 Å². The lowest BCUT2D eigenvalue weighted by Crippen LogP contribution is -2.22. The van der Waals surface area contributed by atoms with Gasteiger partial charge in [-0.1, -0.05) is 18.7 Å². The normalized spacial score (nSPS) is 9.88. The van der Waals surface area contributed by atoms with Crippen molar-refractivity contribution in [3.8, 4) is 0 Å². The van der Waals surface area contributed by atoms with Gasteiger partial charge in [0.15, 0.2) is 0 Å². The smallest absolute Gasteiger partial charge is 0.248 e. The predicted octanol–water partition coefficient (Wildman–Crippen LogP) is 2.03. The fourth-order valence-corrected chi connectivity index (χ4v) is 1.62. The average molecular weight is 218 g/mol. The second kappa shape index (κ2) is 5.35. The average Bonchev–Trinajstić information content (AvgIpc) is 2.30. The fraction of sp³-hybridized carbons (Fsp3) is 0.308. The van der Waals surface area contributed by atoms with E-state index in [0.717, 1.165) is 24.3 Å². The van der Waals surface area contributed by atoms with Crippen LogP contribution < -0.4 is 10.6 Å². The topological polar surface area (TPSA) is 46.3 Å². The molecular weight excluding hydrogens is 200 g/mol. The Morgan fingerprint density at radius 3 is 2.50 bits per heavy atom. The van der Waals surface area contributed by atoms with E-state index < -0.39 is 5.91 Å². The third-order valence-corrected chi connectivity index (χ3v) is 2.62. The van der Waals surface area contributed by atoms with E-state index in [1.165, 1.54) is 0 Å². The highest BCUT2D eigenvalue weighted by molar-refractivity contribution is 6.18. The van der Waals surface area contributed by atoms with Crippen molar-refractivity contribution in [2.75, 3.05) is 18.0 Å². The standard InChI is InChI=1S/C13H18N2O/c1-4-15(5-2)12-8-6-7-11(9-12)10(3)13(14)16/h6-9H,3-5H2,1-2H3,(H2,14,16). The van der Waals surface area contributed by atoms with Crippen LogP contribution in [0.5, 0.6) is 0 Å². The Hall–Kier alpha value is -1.77. The molecule has 0 aromatic heterocycles. The zero-order valence-electron chi connectivity index (χ0n) is 9.86. The van der Waals surface area contributed by atoms with Crippen LogP contribution in [-0.4, -0.2) is 19.0 Å². The Bertz CT molecular complexity index is 395. The molecule has 0 radical (unpaired) electrons. The number of anilines is 1. The highest BCUT2D eigenvalue weighted by Gasteiger charge is 2.07. The molecule has 0 atom stereocenters. The molecule has 16 heavy (non-hydrogen) atoms. The van der Waals surface area contributed by atoms with Crippen LogP contribution in [0.15, 0.2) is 30.8 Å². The molecule has 0 aliphatic rings. The van der Waals surface area contributed by atoms with Gasteiger partial charge in [0.05, 0.1) is 0 Å². The van der Waals surface area contributed by atoms with Crippen LogP contribution in [0.2, 0.25) is 0 Å². The van der Waals surface area contributed by atoms with Gasteiger partial charge in [-0.3, -0.25) is 4.79 Å². The number of nitrogens with two attached hydrogens (primary N) is 1. The van der Waals surface area contributed by atoms with Crippen LogP contribution in [0, 0.1) is 0 Å². The SMILES string of the molecule is C=C(C(N)=O)c1cccc(N(CC)CC)c1. The van der Waals surface area contributed by atoms with E-state index in [4.69, 9.17) is 5.73 Å². The highest BCUT2D eigenvalue weighted by atomic mass is 16.1. The van der Waals surface area contributed by atoms with Crippen molar-refractivity contribution in [3.63, 3.8) is 0 Å². The summed E-state index contributed by atoms with van der Waals surface area (Å²) >= 11 is 0. The summed E-state index contributed by atoms with van der Waals surface area (Å²) in [6.07, 6.45) is 0. The van der Waals surface area contributed by atoms with Gasteiger partial charge in [-0.25, -0.2) is 0 Å². The fourth-order valence-electron chi connectivity index (χ4n) is 1.62. The molecule has 1 aromatic rings. The van der Waals surface area contributed by atoms with E-state index in [1.54, 1.807) is 0 Å². The Morgan fingerprint density at radius 2 is 2.00 bits per heavy atom. The Kier molecular flexibility index (Phi) is 4.11. The molecule has 0 aliphatic heterocycles. The summed E-state index contributed by atoms with van der Waals surface area (Å²) in [5.41, 5.74) is 7.44. The van der Waals surface area contributed by atoms with E-state index in [2.05, 4.69) is 25.3 Å². The lowest BCUT2D eigenvalue weighted by atomic mass is 10.1. The molecule has 0 heterocycles. The first-order valence-electron chi connectivity index (χ1n) is 5.44. The van der Waals surface area contributed by atoms with Gasteiger partial charge < -0.3 is 10.6 Å². The molecule has 0 saturated carbocycles. The Morgan fingerprint density at radius 1 is 1.38 bits per heavy atom. The molecule has 1 aromatic carbocycles. The first kappa shape index (κ1) is 12.3. The number of amides is 1. The molecule has 3 nitrogen and oxygen atoms in total. The maximum atomic E-state index is 11.0. The summed E-state index contributed by atoms with van der Waals surface area (Å²) in [6, 6.07) is 7.72. The number of nitrogens with zero attached hydrogens (tertiary/aromatic N) is 1. The van der Waals surface area contributed by atoms with Gasteiger partial charge in [0.2, 0.25) is 5.91 Å². The van der Waals surface area contributed by atoms with E-state index in [-0.39, 0.29) is 0 Å². The molecule has 86 valence electrons. The van der Waals surface area contributed by atoms with Gasteiger partial charge in [-0.05, 0) is 31.5 Å². The maximum Gasteiger partial charge on any atom is 0.248 e. The summed E-state index contributed by atoms with van der Waals surface area (Å²) < 4.78 is 0. The molecule has 0 spiro atoms. The second-order valence-electron chi connectivity index (χ2n) is 3.57. The van der Waals surface area contributed by atoms with Crippen LogP contribution in [-0.2, 0) is 4.79 Å². The molecule has 3 heteroatoms. The number of benzene rings is 1. The van der Waals surface area contributed by atoms with E-state index in [0.29, 0.717) is 5.57 Å². The van der Waals surface area contributed by atoms with Crippen molar-refractivity contribution in [1.82, 2.24) is 0 Å². The largest absolute Gasteiger partial charge is 0.372 e. The summed E-state index contributed by atoms with van der Waals surface area (Å²) in [4.78, 5) is 13.2. The molecule has 0 bridgehead atoms. The minimum absolute atomic E-state index is 0.356. The third-order valence-electron chi connectivity index (χ3n) is 2.62. The van der Waals surface area contributed by atoms with Crippen molar-refractivity contribution >= 4 is 17.2 Å². The number of primary amides is 1. The van der Waals surface area contributed by atoms with Crippen LogP contribution in [0.3, 0.4) is 0 Å². The number of rotatable bonds is 5. The monoisotopic (exact) mass is 218 g/mol. The zero-order chi connectivity index (χ0) is 12.1. The van der Waals surface area contributed by atoms with Crippen LogP contribution in [0.25, 0.3) is 5.57 Å². The molecule has 0 unspecified atom stereocenters. The minimum atomic E-state index is -0.475. The molecule has 1 amide bonds. The van der Waals surface area contributed by atoms with Crippen molar-refractivity contribution in [1.29, 1.82) is 0 Å². The van der Waals surface area contributed by atoms with Gasteiger partial charge in [-0.15, -0.1) is 0 Å². The van der Waals surface area contributed by atoms with Gasteiger partial charge >= 0.3 is 0 Å². The number of carbonyl (C=O) groups is 1. The summed E-state index contributed by atoms with van der Waals surface area (Å²) in [5, 5.41) is 0. The van der Waals surface area contributed by atoms with Gasteiger partial charge in [0, 0.05) is 24.4 Å². The predicted molar refractivity (Wildman–Crippen MR) is 68.2 cm³/mol. The second-order valence-corrected chi connectivity index (χ2v) is 3.57. The quantitative estimate of drug-likeness (QED) is 0.769. The summed E-state index contributed by atoms with van der Waals surface area (Å²) in [7, 11) is 0. The zero-order valence-corrected chi connectivity index (χ0v) is 9.86. The molecule has 1 rings (SSSR count). The molecule has 0 aliphatic carbocycles. The number of hydrogen-bond acceptors (Lipinski definition) is 2. The van der Waals surface area contributed by atoms with Crippen molar-refractivity contribution in [2.45, 2.75) is 13.8 Å². The minimum Gasteiger partial charge on any atom is -0.372 e. The van der Waals surface area contributed by atoms with Crippen molar-refractivity contribution in [3.05, 3.63) is 36.4 Å². The van der Waals surface area contributed by atoms with Crippen LogP contribution >= 0.6 is 0 Å². The first-order chi connectivity index (χ1) is 7.60. The summed E-state index contributed by atoms with van der Waals surface area (Å²) in [6.45, 7) is 9.74. The van der Waals surface area contributed by atoms with Crippen molar-refractivity contribution < 1.29 is 4.79 Å². The van der Waals surface area contributed by atoms with Crippen LogP contribution in [0.1, 0.15) is 19.4 Å². The number of hydrogen-bond donors (Lipinski definition) is 1. The number of carbonyl (C=O) groups excluding carboxylic acids is 1. The van der Waals surface area contributed by atoms with E-state index in [1.807, 2.05) is 24.3 Å². The van der Waals surface area contributed by atoms with Gasteiger partial charge in [0.1, 0.15) is 0 Å².